The molecule has 0 bridgehead atoms. The summed E-state index contributed by atoms with van der Waals surface area (Å²) in [6.07, 6.45) is 1.76. The van der Waals surface area contributed by atoms with Gasteiger partial charge in [0.1, 0.15) is 12.4 Å². The Morgan fingerprint density at radius 3 is 2.50 bits per heavy atom. The number of pyridine rings is 1. The number of para-hydroxylation sites is 1. The van der Waals surface area contributed by atoms with Crippen LogP contribution in [0.15, 0.2) is 82.9 Å². The van der Waals surface area contributed by atoms with Crippen LogP contribution in [0.5, 0.6) is 5.75 Å². The summed E-state index contributed by atoms with van der Waals surface area (Å²) in [5.74, 6) is 1.52. The molecule has 0 unspecified atom stereocenters. The van der Waals surface area contributed by atoms with Crippen molar-refractivity contribution in [3.8, 4) is 5.75 Å². The molecule has 0 atom stereocenters. The maximum Gasteiger partial charge on any atom is 0.262 e. The molecule has 4 aromatic rings. The molecule has 0 amide bonds. The van der Waals surface area contributed by atoms with Gasteiger partial charge >= 0.3 is 0 Å². The summed E-state index contributed by atoms with van der Waals surface area (Å²) in [6.45, 7) is 4.46. The van der Waals surface area contributed by atoms with Crippen molar-refractivity contribution in [2.45, 2.75) is 37.4 Å². The standard InChI is InChI=1S/C24H23N3O2S/c1-17(2)27-23(28)21-8-3-4-9-22(21)26-24(27)30-16-18-10-12-20(13-11-18)29-15-19-7-5-6-14-25-19/h3-14,17H,15-16H2,1-2H3. The number of benzene rings is 2. The van der Waals surface area contributed by atoms with Crippen LogP contribution in [-0.4, -0.2) is 14.5 Å². The van der Waals surface area contributed by atoms with Gasteiger partial charge < -0.3 is 4.74 Å². The third-order valence-electron chi connectivity index (χ3n) is 4.70. The maximum absolute atomic E-state index is 12.9. The average Bonchev–Trinajstić information content (AvgIpc) is 2.77. The van der Waals surface area contributed by atoms with E-state index in [0.29, 0.717) is 12.0 Å². The molecule has 0 spiro atoms. The van der Waals surface area contributed by atoms with Crippen molar-refractivity contribution in [2.24, 2.45) is 0 Å². The summed E-state index contributed by atoms with van der Waals surface area (Å²) in [5, 5.41) is 1.40. The molecule has 0 aliphatic rings. The van der Waals surface area contributed by atoms with E-state index in [1.165, 1.54) is 0 Å². The lowest BCUT2D eigenvalue weighted by atomic mass is 10.2. The molecule has 30 heavy (non-hydrogen) atoms. The zero-order valence-corrected chi connectivity index (χ0v) is 17.8. The molecule has 5 nitrogen and oxygen atoms in total. The molecule has 4 rings (SSSR count). The molecule has 152 valence electrons. The zero-order chi connectivity index (χ0) is 20.9. The van der Waals surface area contributed by atoms with E-state index in [2.05, 4.69) is 4.98 Å². The lowest BCUT2D eigenvalue weighted by molar-refractivity contribution is 0.301. The molecule has 0 aliphatic carbocycles. The fourth-order valence-corrected chi connectivity index (χ4v) is 4.24. The smallest absolute Gasteiger partial charge is 0.262 e. The normalized spacial score (nSPS) is 11.2. The van der Waals surface area contributed by atoms with Crippen molar-refractivity contribution in [1.82, 2.24) is 14.5 Å². The van der Waals surface area contributed by atoms with Crippen LogP contribution in [0.1, 0.15) is 31.1 Å². The first-order valence-electron chi connectivity index (χ1n) is 9.87. The summed E-state index contributed by atoms with van der Waals surface area (Å²) in [7, 11) is 0. The van der Waals surface area contributed by atoms with E-state index < -0.39 is 0 Å². The van der Waals surface area contributed by atoms with Crippen molar-refractivity contribution < 1.29 is 4.74 Å². The number of rotatable bonds is 7. The second-order valence-electron chi connectivity index (χ2n) is 7.22. The molecular formula is C24H23N3O2S. The third kappa shape index (κ3) is 4.54. The number of nitrogens with zero attached hydrogens (tertiary/aromatic N) is 3. The van der Waals surface area contributed by atoms with E-state index in [4.69, 9.17) is 9.72 Å². The van der Waals surface area contributed by atoms with E-state index in [0.717, 1.165) is 33.4 Å². The van der Waals surface area contributed by atoms with Gasteiger partial charge in [-0.1, -0.05) is 42.1 Å². The van der Waals surface area contributed by atoms with Gasteiger partial charge in [0.05, 0.1) is 16.6 Å². The van der Waals surface area contributed by atoms with E-state index in [1.54, 1.807) is 22.5 Å². The Hall–Kier alpha value is -3.12. The van der Waals surface area contributed by atoms with Gasteiger partial charge in [-0.2, -0.15) is 0 Å². The Morgan fingerprint density at radius 1 is 1.00 bits per heavy atom. The van der Waals surface area contributed by atoms with E-state index in [9.17, 15) is 4.79 Å². The first-order valence-corrected chi connectivity index (χ1v) is 10.9. The van der Waals surface area contributed by atoms with Gasteiger partial charge in [-0.3, -0.25) is 14.3 Å². The third-order valence-corrected chi connectivity index (χ3v) is 5.72. The van der Waals surface area contributed by atoms with Crippen LogP contribution < -0.4 is 10.3 Å². The zero-order valence-electron chi connectivity index (χ0n) is 17.0. The van der Waals surface area contributed by atoms with Crippen LogP contribution in [0.3, 0.4) is 0 Å². The summed E-state index contributed by atoms with van der Waals surface area (Å²) >= 11 is 1.57. The van der Waals surface area contributed by atoms with Gasteiger partial charge in [0.25, 0.3) is 5.56 Å². The predicted molar refractivity (Wildman–Crippen MR) is 121 cm³/mol. The maximum atomic E-state index is 12.9. The van der Waals surface area contributed by atoms with E-state index >= 15 is 0 Å². The molecule has 2 aromatic carbocycles. The fourth-order valence-electron chi connectivity index (χ4n) is 3.15. The van der Waals surface area contributed by atoms with Crippen LogP contribution in [0, 0.1) is 0 Å². The average molecular weight is 418 g/mol. The van der Waals surface area contributed by atoms with Gasteiger partial charge in [-0.15, -0.1) is 0 Å². The number of hydrogen-bond acceptors (Lipinski definition) is 5. The van der Waals surface area contributed by atoms with Crippen molar-refractivity contribution >= 4 is 22.7 Å². The Kier molecular flexibility index (Phi) is 6.14. The van der Waals surface area contributed by atoms with Gasteiger partial charge in [0.15, 0.2) is 5.16 Å². The highest BCUT2D eigenvalue weighted by atomic mass is 32.2. The second kappa shape index (κ2) is 9.13. The summed E-state index contributed by atoms with van der Waals surface area (Å²) in [6, 6.07) is 21.3. The lowest BCUT2D eigenvalue weighted by Gasteiger charge is -2.16. The first-order chi connectivity index (χ1) is 14.6. The number of ether oxygens (including phenoxy) is 1. The monoisotopic (exact) mass is 417 g/mol. The molecule has 0 N–H and O–H groups in total. The van der Waals surface area contributed by atoms with Gasteiger partial charge in [-0.25, -0.2) is 4.98 Å². The van der Waals surface area contributed by atoms with Crippen molar-refractivity contribution in [1.29, 1.82) is 0 Å². The minimum Gasteiger partial charge on any atom is -0.487 e. The Morgan fingerprint density at radius 2 is 1.77 bits per heavy atom. The lowest BCUT2D eigenvalue weighted by Crippen LogP contribution is -2.25. The second-order valence-corrected chi connectivity index (χ2v) is 8.17. The molecule has 0 fully saturated rings. The molecule has 0 saturated carbocycles. The summed E-state index contributed by atoms with van der Waals surface area (Å²) in [4.78, 5) is 21.9. The molecule has 2 aromatic heterocycles. The molecule has 2 heterocycles. The number of aromatic nitrogens is 3. The SMILES string of the molecule is CC(C)n1c(SCc2ccc(OCc3ccccn3)cc2)nc2ccccc2c1=O. The topological polar surface area (TPSA) is 57.0 Å². The van der Waals surface area contributed by atoms with Crippen molar-refractivity contribution in [2.75, 3.05) is 0 Å². The van der Waals surface area contributed by atoms with Crippen molar-refractivity contribution in [3.05, 3.63) is 94.5 Å². The van der Waals surface area contributed by atoms with Crippen LogP contribution >= 0.6 is 11.8 Å². The van der Waals surface area contributed by atoms with Gasteiger partial charge in [0, 0.05) is 18.0 Å². The van der Waals surface area contributed by atoms with Crippen LogP contribution in [0.2, 0.25) is 0 Å². The molecule has 6 heteroatoms. The van der Waals surface area contributed by atoms with Crippen molar-refractivity contribution in [3.63, 3.8) is 0 Å². The molecule has 0 aliphatic heterocycles. The highest BCUT2D eigenvalue weighted by Gasteiger charge is 2.14. The minimum atomic E-state index is 0.0105. The largest absolute Gasteiger partial charge is 0.487 e. The fraction of sp³-hybridized carbons (Fsp3) is 0.208. The van der Waals surface area contributed by atoms with Crippen LogP contribution in [0.4, 0.5) is 0 Å². The number of hydrogen-bond donors (Lipinski definition) is 0. The number of thioether (sulfide) groups is 1. The van der Waals surface area contributed by atoms with Crippen LogP contribution in [-0.2, 0) is 12.4 Å². The molecular weight excluding hydrogens is 394 g/mol. The molecule has 0 radical (unpaired) electrons. The highest BCUT2D eigenvalue weighted by Crippen LogP contribution is 2.25. The Bertz CT molecular complexity index is 1190. The van der Waals surface area contributed by atoms with Gasteiger partial charge in [0.2, 0.25) is 0 Å². The Balaban J connectivity index is 1.47. The molecule has 0 saturated heterocycles. The van der Waals surface area contributed by atoms with Crippen LogP contribution in [0.25, 0.3) is 10.9 Å². The Labute approximate surface area is 179 Å². The van der Waals surface area contributed by atoms with Gasteiger partial charge in [-0.05, 0) is 55.8 Å². The number of fused-ring (bicyclic) bond motifs is 1. The summed E-state index contributed by atoms with van der Waals surface area (Å²) in [5.41, 5.74) is 2.78. The van der Waals surface area contributed by atoms with E-state index in [1.807, 2.05) is 80.6 Å². The van der Waals surface area contributed by atoms with E-state index in [-0.39, 0.29) is 11.6 Å². The summed E-state index contributed by atoms with van der Waals surface area (Å²) < 4.78 is 7.57. The first kappa shape index (κ1) is 20.2. The minimum absolute atomic E-state index is 0.0105. The predicted octanol–water partition coefficient (Wildman–Crippen LogP) is 5.24. The quantitative estimate of drug-likeness (QED) is 0.304. The highest BCUT2D eigenvalue weighted by molar-refractivity contribution is 7.98.